The molecule has 7 aromatic carbocycles. The van der Waals surface area contributed by atoms with Gasteiger partial charge >= 0.3 is 0 Å². The second kappa shape index (κ2) is 14.3. The lowest BCUT2D eigenvalue weighted by Crippen LogP contribution is -2.39. The van der Waals surface area contributed by atoms with Crippen LogP contribution < -0.4 is 10.6 Å². The van der Waals surface area contributed by atoms with Gasteiger partial charge in [0.15, 0.2) is 0 Å². The minimum Gasteiger partial charge on any atom is -0.351 e. The van der Waals surface area contributed by atoms with Gasteiger partial charge in [-0.15, -0.1) is 0 Å². The van der Waals surface area contributed by atoms with Crippen LogP contribution in [0.1, 0.15) is 46.9 Å². The summed E-state index contributed by atoms with van der Waals surface area (Å²) in [5.41, 5.74) is 10.5. The predicted molar refractivity (Wildman–Crippen MR) is 201 cm³/mol. The zero-order chi connectivity index (χ0) is 32.7. The van der Waals surface area contributed by atoms with E-state index in [1.54, 1.807) is 0 Å². The van der Waals surface area contributed by atoms with Gasteiger partial charge in [0.2, 0.25) is 0 Å². The van der Waals surface area contributed by atoms with Crippen molar-refractivity contribution in [3.63, 3.8) is 0 Å². The molecule has 0 aliphatic carbocycles. The highest BCUT2D eigenvalue weighted by Gasteiger charge is 2.17. The second-order valence-electron chi connectivity index (χ2n) is 12.4. The Morgan fingerprint density at radius 1 is 0.500 bits per heavy atom. The van der Waals surface area contributed by atoms with E-state index in [1.165, 1.54) is 44.2 Å². The third kappa shape index (κ3) is 7.28. The fraction of sp³-hybridized carbons (Fsp3) is 0.0889. The topological polar surface area (TPSA) is 47.9 Å². The van der Waals surface area contributed by atoms with Crippen molar-refractivity contribution in [2.45, 2.75) is 25.6 Å². The van der Waals surface area contributed by atoms with E-state index in [4.69, 9.17) is 5.41 Å². The zero-order valence-electron chi connectivity index (χ0n) is 27.1. The first-order chi connectivity index (χ1) is 23.6. The first kappa shape index (κ1) is 30.9. The summed E-state index contributed by atoms with van der Waals surface area (Å²) in [4.78, 5) is 0. The minimum absolute atomic E-state index is 0.0849. The van der Waals surface area contributed by atoms with E-state index in [9.17, 15) is 0 Å². The van der Waals surface area contributed by atoms with Crippen molar-refractivity contribution in [3.05, 3.63) is 204 Å². The molecule has 3 nitrogen and oxygen atoms in total. The Bertz CT molecular complexity index is 2100. The molecule has 0 aliphatic rings. The smallest absolute Gasteiger partial charge is 0.126 e. The number of benzene rings is 7. The van der Waals surface area contributed by atoms with Crippen LogP contribution in [0.25, 0.3) is 33.0 Å². The van der Waals surface area contributed by atoms with Gasteiger partial charge in [0, 0.05) is 11.6 Å². The molecule has 0 spiro atoms. The summed E-state index contributed by atoms with van der Waals surface area (Å²) in [7, 11) is 0. The van der Waals surface area contributed by atoms with Crippen molar-refractivity contribution in [1.82, 2.24) is 10.6 Å². The maximum absolute atomic E-state index is 8.80. The maximum atomic E-state index is 8.80. The van der Waals surface area contributed by atoms with Gasteiger partial charge in [0.25, 0.3) is 0 Å². The zero-order valence-corrected chi connectivity index (χ0v) is 27.1. The standard InChI is InChI=1S/C45H39N3/c1-32(35-13-7-3-8-14-35)47-45(48-44(46)39-15-9-4-10-16-39)40-25-21-37(22-26-40)42-28-24-38-23-27-41(30-43(38)31-42)36-19-17-34(18-20-36)29-33-11-5-2-6-12-33/h2-28,30-32,45,47H,29H2,1H3,(H2,46,48). The Balaban J connectivity index is 1.12. The lowest BCUT2D eigenvalue weighted by molar-refractivity contribution is 0.444. The molecule has 3 N–H and O–H groups in total. The van der Waals surface area contributed by atoms with Crippen molar-refractivity contribution in [2.75, 3.05) is 0 Å². The van der Waals surface area contributed by atoms with E-state index >= 15 is 0 Å². The highest BCUT2D eigenvalue weighted by molar-refractivity contribution is 5.96. The number of amidine groups is 1. The van der Waals surface area contributed by atoms with Gasteiger partial charge in [-0.2, -0.15) is 0 Å². The SMILES string of the molecule is CC(NC(NC(=N)c1ccccc1)c1ccc(-c2ccc3ccc(-c4ccc(Cc5ccccc5)cc4)cc3c2)cc1)c1ccccc1. The van der Waals surface area contributed by atoms with E-state index in [-0.39, 0.29) is 12.2 Å². The van der Waals surface area contributed by atoms with Crippen molar-refractivity contribution >= 4 is 16.6 Å². The normalized spacial score (nSPS) is 12.4. The largest absolute Gasteiger partial charge is 0.351 e. The summed E-state index contributed by atoms with van der Waals surface area (Å²) in [5.74, 6) is 0.383. The third-order valence-electron chi connectivity index (χ3n) is 9.02. The van der Waals surface area contributed by atoms with Crippen molar-refractivity contribution < 1.29 is 0 Å². The maximum Gasteiger partial charge on any atom is 0.126 e. The first-order valence-corrected chi connectivity index (χ1v) is 16.6. The molecule has 0 radical (unpaired) electrons. The van der Waals surface area contributed by atoms with Gasteiger partial charge in [0.05, 0.1) is 0 Å². The van der Waals surface area contributed by atoms with Crippen molar-refractivity contribution in [3.8, 4) is 22.3 Å². The molecule has 0 aromatic heterocycles. The average Bonchev–Trinajstić information content (AvgIpc) is 3.15. The molecular weight excluding hydrogens is 583 g/mol. The molecule has 2 atom stereocenters. The van der Waals surface area contributed by atoms with Gasteiger partial charge < -0.3 is 5.32 Å². The second-order valence-corrected chi connectivity index (χ2v) is 12.4. The summed E-state index contributed by atoms with van der Waals surface area (Å²) < 4.78 is 0. The monoisotopic (exact) mass is 621 g/mol. The highest BCUT2D eigenvalue weighted by atomic mass is 15.2. The van der Waals surface area contributed by atoms with Crippen LogP contribution in [0.2, 0.25) is 0 Å². The van der Waals surface area contributed by atoms with E-state index in [2.05, 4.69) is 157 Å². The molecule has 48 heavy (non-hydrogen) atoms. The summed E-state index contributed by atoms with van der Waals surface area (Å²) in [6.07, 6.45) is 0.690. The summed E-state index contributed by atoms with van der Waals surface area (Å²) >= 11 is 0. The van der Waals surface area contributed by atoms with Crippen LogP contribution in [0.3, 0.4) is 0 Å². The third-order valence-corrected chi connectivity index (χ3v) is 9.02. The van der Waals surface area contributed by atoms with Crippen LogP contribution in [-0.2, 0) is 6.42 Å². The lowest BCUT2D eigenvalue weighted by atomic mass is 9.96. The molecule has 0 aliphatic heterocycles. The summed E-state index contributed by atoms with van der Waals surface area (Å²) in [6, 6.07) is 62.0. The molecule has 7 aromatic rings. The molecule has 3 heteroatoms. The van der Waals surface area contributed by atoms with E-state index < -0.39 is 0 Å². The quantitative estimate of drug-likeness (QED) is 0.0808. The Morgan fingerprint density at radius 2 is 1.00 bits per heavy atom. The number of fused-ring (bicyclic) bond motifs is 1. The molecule has 234 valence electrons. The fourth-order valence-corrected chi connectivity index (χ4v) is 6.26. The molecule has 2 unspecified atom stereocenters. The average molecular weight is 622 g/mol. The lowest BCUT2D eigenvalue weighted by Gasteiger charge is -2.26. The van der Waals surface area contributed by atoms with E-state index in [0.717, 1.165) is 23.1 Å². The van der Waals surface area contributed by atoms with E-state index in [1.807, 2.05) is 36.4 Å². The molecule has 0 amide bonds. The van der Waals surface area contributed by atoms with Crippen LogP contribution in [0.4, 0.5) is 0 Å². The number of hydrogen-bond acceptors (Lipinski definition) is 2. The van der Waals surface area contributed by atoms with Gasteiger partial charge in [-0.25, -0.2) is 0 Å². The minimum atomic E-state index is -0.250. The Morgan fingerprint density at radius 3 is 1.60 bits per heavy atom. The molecule has 0 saturated carbocycles. The highest BCUT2D eigenvalue weighted by Crippen LogP contribution is 2.30. The van der Waals surface area contributed by atoms with Gasteiger partial charge in [-0.1, -0.05) is 164 Å². The molecule has 0 heterocycles. The Hall–Kier alpha value is -5.77. The number of rotatable bonds is 10. The molecule has 0 saturated heterocycles. The molecule has 0 bridgehead atoms. The van der Waals surface area contributed by atoms with Crippen LogP contribution in [0.15, 0.2) is 176 Å². The fourth-order valence-electron chi connectivity index (χ4n) is 6.26. The van der Waals surface area contributed by atoms with Crippen LogP contribution in [0.5, 0.6) is 0 Å². The summed E-state index contributed by atoms with van der Waals surface area (Å²) in [6.45, 7) is 2.16. The predicted octanol–water partition coefficient (Wildman–Crippen LogP) is 10.7. The molecular formula is C45H39N3. The van der Waals surface area contributed by atoms with Crippen LogP contribution in [0, 0.1) is 5.41 Å². The van der Waals surface area contributed by atoms with Gasteiger partial charge in [-0.05, 0) is 80.8 Å². The number of hydrogen-bond donors (Lipinski definition) is 3. The van der Waals surface area contributed by atoms with Crippen LogP contribution >= 0.6 is 0 Å². The van der Waals surface area contributed by atoms with Crippen molar-refractivity contribution in [1.29, 1.82) is 5.41 Å². The molecule has 7 rings (SSSR count). The Kier molecular flexibility index (Phi) is 9.22. The van der Waals surface area contributed by atoms with Gasteiger partial charge in [0.1, 0.15) is 12.0 Å². The summed E-state index contributed by atoms with van der Waals surface area (Å²) in [5, 5.41) is 18.4. The van der Waals surface area contributed by atoms with Crippen molar-refractivity contribution in [2.24, 2.45) is 0 Å². The van der Waals surface area contributed by atoms with Crippen LogP contribution in [-0.4, -0.2) is 5.84 Å². The molecule has 0 fully saturated rings. The van der Waals surface area contributed by atoms with Gasteiger partial charge in [-0.3, -0.25) is 10.7 Å². The number of nitrogens with one attached hydrogen (secondary N) is 3. The first-order valence-electron chi connectivity index (χ1n) is 16.6. The van der Waals surface area contributed by atoms with E-state index in [0.29, 0.717) is 5.84 Å². The Labute approximate surface area is 283 Å².